The highest BCUT2D eigenvalue weighted by Gasteiger charge is 2.14. The number of rotatable bonds is 5. The van der Waals surface area contributed by atoms with Crippen molar-refractivity contribution in [2.24, 2.45) is 0 Å². The van der Waals surface area contributed by atoms with Gasteiger partial charge in [-0.15, -0.1) is 0 Å². The second kappa shape index (κ2) is 7.86. The van der Waals surface area contributed by atoms with Gasteiger partial charge in [0.2, 0.25) is 0 Å². The third kappa shape index (κ3) is 3.92. The molecule has 140 valence electrons. The molecule has 4 rings (SSSR count). The van der Waals surface area contributed by atoms with E-state index in [1.165, 1.54) is 0 Å². The van der Waals surface area contributed by atoms with Crippen molar-refractivity contribution < 1.29 is 9.53 Å². The minimum atomic E-state index is -0.227. The molecule has 0 radical (unpaired) electrons. The summed E-state index contributed by atoms with van der Waals surface area (Å²) >= 11 is 3.49. The highest BCUT2D eigenvalue weighted by atomic mass is 79.9. The van der Waals surface area contributed by atoms with E-state index in [4.69, 9.17) is 4.74 Å². The van der Waals surface area contributed by atoms with Crippen LogP contribution in [-0.2, 0) is 6.61 Å². The third-order valence-corrected chi connectivity index (χ3v) is 4.95. The summed E-state index contributed by atoms with van der Waals surface area (Å²) in [6.45, 7) is 2.28. The largest absolute Gasteiger partial charge is 0.486 e. The zero-order valence-corrected chi connectivity index (χ0v) is 16.8. The minimum absolute atomic E-state index is 0.227. The van der Waals surface area contributed by atoms with Crippen LogP contribution >= 0.6 is 15.9 Å². The Morgan fingerprint density at radius 3 is 2.79 bits per heavy atom. The maximum atomic E-state index is 12.8. The van der Waals surface area contributed by atoms with E-state index in [2.05, 4.69) is 26.2 Å². The van der Waals surface area contributed by atoms with Gasteiger partial charge in [-0.25, -0.2) is 4.98 Å². The number of nitrogens with zero attached hydrogens (tertiary/aromatic N) is 2. The Hall–Kier alpha value is -3.12. The molecule has 0 saturated heterocycles. The first-order chi connectivity index (χ1) is 13.6. The third-order valence-electron chi connectivity index (χ3n) is 4.29. The Kier molecular flexibility index (Phi) is 5.12. The van der Waals surface area contributed by atoms with Crippen LogP contribution in [0.5, 0.6) is 5.75 Å². The van der Waals surface area contributed by atoms with E-state index in [1.54, 1.807) is 12.1 Å². The minimum Gasteiger partial charge on any atom is -0.486 e. The maximum Gasteiger partial charge on any atom is 0.259 e. The van der Waals surface area contributed by atoms with Crippen molar-refractivity contribution in [3.05, 3.63) is 94.4 Å². The molecule has 0 spiro atoms. The molecule has 0 atom stereocenters. The molecule has 1 amide bonds. The Labute approximate surface area is 171 Å². The lowest BCUT2D eigenvalue weighted by Gasteiger charge is -2.12. The maximum absolute atomic E-state index is 12.8. The molecule has 0 unspecified atom stereocenters. The highest BCUT2D eigenvalue weighted by Crippen LogP contribution is 2.26. The van der Waals surface area contributed by atoms with E-state index in [0.29, 0.717) is 17.0 Å². The molecule has 28 heavy (non-hydrogen) atoms. The number of carbonyl (C=O) groups excluding carboxylic acids is 1. The Balaban J connectivity index is 1.52. The number of nitrogens with one attached hydrogen (secondary N) is 1. The van der Waals surface area contributed by atoms with Crippen molar-refractivity contribution in [1.82, 2.24) is 9.38 Å². The van der Waals surface area contributed by atoms with Gasteiger partial charge in [-0.1, -0.05) is 24.3 Å². The van der Waals surface area contributed by atoms with E-state index >= 15 is 0 Å². The van der Waals surface area contributed by atoms with Gasteiger partial charge >= 0.3 is 0 Å². The summed E-state index contributed by atoms with van der Waals surface area (Å²) in [6, 6.07) is 18.8. The summed E-state index contributed by atoms with van der Waals surface area (Å²) < 4.78 is 8.69. The van der Waals surface area contributed by atoms with Crippen molar-refractivity contribution in [3.8, 4) is 5.75 Å². The second-order valence-electron chi connectivity index (χ2n) is 6.42. The number of imidazole rings is 1. The fourth-order valence-electron chi connectivity index (χ4n) is 2.90. The van der Waals surface area contributed by atoms with Crippen LogP contribution in [0.3, 0.4) is 0 Å². The van der Waals surface area contributed by atoms with Gasteiger partial charge < -0.3 is 14.5 Å². The van der Waals surface area contributed by atoms with Crippen molar-refractivity contribution in [2.75, 3.05) is 5.32 Å². The van der Waals surface area contributed by atoms with E-state index in [9.17, 15) is 4.79 Å². The molecular weight excluding hydrogens is 418 g/mol. The fraction of sp³-hybridized carbons (Fsp3) is 0.0909. The fourth-order valence-corrected chi connectivity index (χ4v) is 3.49. The van der Waals surface area contributed by atoms with Gasteiger partial charge in [0.15, 0.2) is 0 Å². The lowest BCUT2D eigenvalue weighted by molar-refractivity contribution is 0.102. The van der Waals surface area contributed by atoms with Crippen LogP contribution < -0.4 is 10.1 Å². The number of carbonyl (C=O) groups is 1. The molecule has 0 bridgehead atoms. The van der Waals surface area contributed by atoms with Crippen LogP contribution in [0, 0.1) is 6.92 Å². The monoisotopic (exact) mass is 435 g/mol. The van der Waals surface area contributed by atoms with E-state index in [0.717, 1.165) is 21.4 Å². The number of halogens is 1. The van der Waals surface area contributed by atoms with Gasteiger partial charge in [0.05, 0.1) is 16.9 Å². The van der Waals surface area contributed by atoms with E-state index in [-0.39, 0.29) is 12.5 Å². The van der Waals surface area contributed by atoms with Gasteiger partial charge in [0.25, 0.3) is 5.91 Å². The summed E-state index contributed by atoms with van der Waals surface area (Å²) in [4.78, 5) is 17.3. The molecular formula is C22H18BrN3O2. The van der Waals surface area contributed by atoms with Crippen LogP contribution in [0.1, 0.15) is 21.6 Å². The zero-order valence-electron chi connectivity index (χ0n) is 15.2. The van der Waals surface area contributed by atoms with Gasteiger partial charge in [-0.3, -0.25) is 4.79 Å². The standard InChI is InChI=1S/C22H18BrN3O2/c1-15-9-10-19(18(23)12-15)25-22(27)17-6-2-3-7-20(17)28-14-16-13-26-11-5-4-8-21(26)24-16/h2-13H,14H2,1H3,(H,25,27). The summed E-state index contributed by atoms with van der Waals surface area (Å²) in [5.74, 6) is 0.287. The van der Waals surface area contributed by atoms with Crippen LogP contribution in [0.2, 0.25) is 0 Å². The molecule has 2 aromatic carbocycles. The highest BCUT2D eigenvalue weighted by molar-refractivity contribution is 9.10. The predicted molar refractivity (Wildman–Crippen MR) is 113 cm³/mol. The summed E-state index contributed by atoms with van der Waals surface area (Å²) in [5, 5.41) is 2.93. The SMILES string of the molecule is Cc1ccc(NC(=O)c2ccccc2OCc2cn3ccccc3n2)c(Br)c1. The lowest BCUT2D eigenvalue weighted by atomic mass is 10.1. The van der Waals surface area contributed by atoms with Gasteiger partial charge in [0.1, 0.15) is 18.0 Å². The Morgan fingerprint density at radius 2 is 1.96 bits per heavy atom. The molecule has 4 aromatic rings. The molecule has 0 aliphatic heterocycles. The zero-order chi connectivity index (χ0) is 19.5. The van der Waals surface area contributed by atoms with Crippen molar-refractivity contribution in [1.29, 1.82) is 0 Å². The normalized spacial score (nSPS) is 10.8. The number of hydrogen-bond acceptors (Lipinski definition) is 3. The first-order valence-electron chi connectivity index (χ1n) is 8.82. The van der Waals surface area contributed by atoms with Crippen LogP contribution in [0.15, 0.2) is 77.5 Å². The molecule has 2 heterocycles. The van der Waals surface area contributed by atoms with E-state index < -0.39 is 0 Å². The van der Waals surface area contributed by atoms with E-state index in [1.807, 2.05) is 72.2 Å². The molecule has 5 nitrogen and oxygen atoms in total. The molecule has 0 fully saturated rings. The van der Waals surface area contributed by atoms with Gasteiger partial charge in [-0.2, -0.15) is 0 Å². The number of hydrogen-bond donors (Lipinski definition) is 1. The number of fused-ring (bicyclic) bond motifs is 1. The number of amides is 1. The Bertz CT molecular complexity index is 1120. The van der Waals surface area contributed by atoms with Crippen molar-refractivity contribution >= 4 is 33.2 Å². The first kappa shape index (κ1) is 18.3. The quantitative estimate of drug-likeness (QED) is 0.466. The van der Waals surface area contributed by atoms with Crippen molar-refractivity contribution in [3.63, 3.8) is 0 Å². The number of ether oxygens (including phenoxy) is 1. The number of benzene rings is 2. The average molecular weight is 436 g/mol. The number of aromatic nitrogens is 2. The van der Waals surface area contributed by atoms with Gasteiger partial charge in [-0.05, 0) is 64.8 Å². The van der Waals surface area contributed by atoms with Crippen LogP contribution in [0.25, 0.3) is 5.65 Å². The average Bonchev–Trinajstić information content (AvgIpc) is 3.12. The molecule has 1 N–H and O–H groups in total. The smallest absolute Gasteiger partial charge is 0.259 e. The predicted octanol–water partition coefficient (Wildman–Crippen LogP) is 5.24. The summed E-state index contributed by atoms with van der Waals surface area (Å²) in [7, 11) is 0. The molecule has 2 aromatic heterocycles. The number of aryl methyl sites for hydroxylation is 1. The first-order valence-corrected chi connectivity index (χ1v) is 9.61. The molecule has 6 heteroatoms. The van der Waals surface area contributed by atoms with Crippen LogP contribution in [-0.4, -0.2) is 15.3 Å². The van der Waals surface area contributed by atoms with Crippen LogP contribution in [0.4, 0.5) is 5.69 Å². The van der Waals surface area contributed by atoms with Crippen molar-refractivity contribution in [2.45, 2.75) is 13.5 Å². The van der Waals surface area contributed by atoms with Gasteiger partial charge in [0, 0.05) is 16.9 Å². The summed E-state index contributed by atoms with van der Waals surface area (Å²) in [6.07, 6.45) is 3.86. The number of anilines is 1. The molecule has 0 saturated carbocycles. The topological polar surface area (TPSA) is 55.6 Å². The molecule has 0 aliphatic carbocycles. The number of para-hydroxylation sites is 1. The Morgan fingerprint density at radius 1 is 1.14 bits per heavy atom. The second-order valence-corrected chi connectivity index (χ2v) is 7.27. The summed E-state index contributed by atoms with van der Waals surface area (Å²) in [5.41, 5.74) is 3.95. The molecule has 0 aliphatic rings. The lowest BCUT2D eigenvalue weighted by Crippen LogP contribution is -2.14. The number of pyridine rings is 1.